The molecular formula is C23H40IN5O. The van der Waals surface area contributed by atoms with Crippen molar-refractivity contribution in [2.45, 2.75) is 57.7 Å². The summed E-state index contributed by atoms with van der Waals surface area (Å²) in [6.45, 7) is 10.1. The van der Waals surface area contributed by atoms with Crippen LogP contribution in [-0.4, -0.2) is 78.8 Å². The summed E-state index contributed by atoms with van der Waals surface area (Å²) in [7, 11) is 0. The van der Waals surface area contributed by atoms with Gasteiger partial charge in [-0.3, -0.25) is 9.89 Å². The lowest BCUT2D eigenvalue weighted by Gasteiger charge is -2.29. The van der Waals surface area contributed by atoms with E-state index in [0.717, 1.165) is 71.0 Å². The zero-order chi connectivity index (χ0) is 20.3. The van der Waals surface area contributed by atoms with Gasteiger partial charge < -0.3 is 20.6 Å². The molecule has 30 heavy (non-hydrogen) atoms. The summed E-state index contributed by atoms with van der Waals surface area (Å²) >= 11 is 0. The second-order valence-electron chi connectivity index (χ2n) is 8.32. The summed E-state index contributed by atoms with van der Waals surface area (Å²) in [5.74, 6) is 0.938. The fourth-order valence-electron chi connectivity index (χ4n) is 4.32. The van der Waals surface area contributed by atoms with E-state index in [9.17, 15) is 5.11 Å². The minimum atomic E-state index is -0.0890. The third-order valence-corrected chi connectivity index (χ3v) is 6.03. The Balaban J connectivity index is 0.00000320. The van der Waals surface area contributed by atoms with E-state index in [1.54, 1.807) is 0 Å². The lowest BCUT2D eigenvalue weighted by Crippen LogP contribution is -2.41. The molecule has 0 spiro atoms. The van der Waals surface area contributed by atoms with Gasteiger partial charge in [-0.15, -0.1) is 24.0 Å². The average molecular weight is 530 g/mol. The first-order chi connectivity index (χ1) is 14.2. The Labute approximate surface area is 199 Å². The largest absolute Gasteiger partial charge is 0.393 e. The Morgan fingerprint density at radius 2 is 1.87 bits per heavy atom. The number of aliphatic hydroxyl groups is 1. The molecule has 7 heteroatoms. The van der Waals surface area contributed by atoms with Crippen LogP contribution in [0.3, 0.4) is 0 Å². The summed E-state index contributed by atoms with van der Waals surface area (Å²) in [6, 6.07) is 11.3. The monoisotopic (exact) mass is 529 g/mol. The van der Waals surface area contributed by atoms with Crippen LogP contribution in [0.2, 0.25) is 0 Å². The third-order valence-electron chi connectivity index (χ3n) is 6.03. The Bertz CT molecular complexity index is 607. The van der Waals surface area contributed by atoms with Gasteiger partial charge in [-0.1, -0.05) is 30.3 Å². The van der Waals surface area contributed by atoms with Gasteiger partial charge >= 0.3 is 0 Å². The number of halogens is 1. The zero-order valence-electron chi connectivity index (χ0n) is 18.4. The van der Waals surface area contributed by atoms with E-state index in [2.05, 4.69) is 57.7 Å². The first kappa shape index (κ1) is 25.4. The van der Waals surface area contributed by atoms with Crippen LogP contribution in [0, 0.1) is 0 Å². The fraction of sp³-hybridized carbons (Fsp3) is 0.696. The minimum absolute atomic E-state index is 0. The molecule has 2 aliphatic heterocycles. The summed E-state index contributed by atoms with van der Waals surface area (Å²) in [6.07, 6.45) is 5.34. The molecule has 2 heterocycles. The van der Waals surface area contributed by atoms with Crippen LogP contribution in [0.15, 0.2) is 35.3 Å². The Kier molecular flexibility index (Phi) is 12.0. The smallest absolute Gasteiger partial charge is 0.191 e. The molecule has 0 aliphatic carbocycles. The molecule has 2 aliphatic rings. The molecule has 1 aromatic carbocycles. The van der Waals surface area contributed by atoms with Crippen molar-refractivity contribution < 1.29 is 5.11 Å². The predicted octanol–water partition coefficient (Wildman–Crippen LogP) is 2.67. The van der Waals surface area contributed by atoms with Gasteiger partial charge in [-0.25, -0.2) is 0 Å². The highest BCUT2D eigenvalue weighted by molar-refractivity contribution is 14.0. The molecule has 3 N–H and O–H groups in total. The molecule has 3 rings (SSSR count). The van der Waals surface area contributed by atoms with Crippen molar-refractivity contribution in [2.75, 3.05) is 45.8 Å². The lowest BCUT2D eigenvalue weighted by atomic mass is 10.1. The van der Waals surface area contributed by atoms with Crippen molar-refractivity contribution in [1.82, 2.24) is 20.4 Å². The van der Waals surface area contributed by atoms with E-state index in [0.29, 0.717) is 6.04 Å². The molecule has 6 nitrogen and oxygen atoms in total. The predicted molar refractivity (Wildman–Crippen MR) is 136 cm³/mol. The minimum Gasteiger partial charge on any atom is -0.393 e. The number of piperidine rings is 1. The topological polar surface area (TPSA) is 63.1 Å². The molecular weight excluding hydrogens is 489 g/mol. The van der Waals surface area contributed by atoms with E-state index >= 15 is 0 Å². The number of benzene rings is 1. The van der Waals surface area contributed by atoms with Crippen molar-refractivity contribution in [1.29, 1.82) is 0 Å². The number of guanidine groups is 1. The van der Waals surface area contributed by atoms with Crippen LogP contribution in [0.4, 0.5) is 0 Å². The maximum absolute atomic E-state index is 9.61. The third kappa shape index (κ3) is 8.69. The van der Waals surface area contributed by atoms with Gasteiger partial charge in [0.2, 0.25) is 0 Å². The average Bonchev–Trinajstić information content (AvgIpc) is 3.18. The van der Waals surface area contributed by atoms with Crippen molar-refractivity contribution in [2.24, 2.45) is 4.99 Å². The highest BCUT2D eigenvalue weighted by atomic mass is 127. The summed E-state index contributed by atoms with van der Waals surface area (Å²) < 4.78 is 0. The van der Waals surface area contributed by atoms with E-state index < -0.39 is 0 Å². The molecule has 1 aromatic rings. The van der Waals surface area contributed by atoms with Crippen LogP contribution in [0.25, 0.3) is 0 Å². The Morgan fingerprint density at radius 1 is 1.10 bits per heavy atom. The van der Waals surface area contributed by atoms with Gasteiger partial charge in [0.05, 0.1) is 12.6 Å². The van der Waals surface area contributed by atoms with Crippen LogP contribution in [0.5, 0.6) is 0 Å². The van der Waals surface area contributed by atoms with Crippen molar-refractivity contribution in [3.05, 3.63) is 35.9 Å². The maximum atomic E-state index is 9.61. The standard InChI is InChI=1S/C23H39N5O.HI/c1-2-24-23(25-13-7-14-27-16-11-22(29)12-17-27)26-18-21-10-6-15-28(21)19-20-8-4-3-5-9-20;/h3-5,8-9,21-22,29H,2,6-7,10-19H2,1H3,(H2,24,25,26);1H. The molecule has 2 fully saturated rings. The molecule has 1 unspecified atom stereocenters. The molecule has 0 aromatic heterocycles. The Hall–Kier alpha value is -0.900. The quantitative estimate of drug-likeness (QED) is 0.199. The SMILES string of the molecule is CCNC(=NCC1CCCN1Cc1ccccc1)NCCCN1CCC(O)CC1.I. The molecule has 1 atom stereocenters. The highest BCUT2D eigenvalue weighted by Gasteiger charge is 2.24. The van der Waals surface area contributed by atoms with E-state index in [4.69, 9.17) is 4.99 Å². The number of nitrogens with zero attached hydrogens (tertiary/aromatic N) is 3. The first-order valence-corrected chi connectivity index (χ1v) is 11.4. The van der Waals surface area contributed by atoms with Crippen LogP contribution in [-0.2, 0) is 6.54 Å². The second kappa shape index (κ2) is 14.2. The van der Waals surface area contributed by atoms with Gasteiger partial charge in [0.25, 0.3) is 0 Å². The van der Waals surface area contributed by atoms with Crippen LogP contribution < -0.4 is 10.6 Å². The van der Waals surface area contributed by atoms with Crippen molar-refractivity contribution in [3.8, 4) is 0 Å². The van der Waals surface area contributed by atoms with Gasteiger partial charge in [-0.05, 0) is 57.7 Å². The first-order valence-electron chi connectivity index (χ1n) is 11.4. The molecule has 0 radical (unpaired) electrons. The summed E-state index contributed by atoms with van der Waals surface area (Å²) in [4.78, 5) is 9.92. The van der Waals surface area contributed by atoms with E-state index in [-0.39, 0.29) is 30.1 Å². The molecule has 0 bridgehead atoms. The molecule has 2 saturated heterocycles. The van der Waals surface area contributed by atoms with E-state index in [1.165, 1.54) is 24.9 Å². The van der Waals surface area contributed by atoms with Crippen molar-refractivity contribution >= 4 is 29.9 Å². The van der Waals surface area contributed by atoms with Crippen LogP contribution >= 0.6 is 24.0 Å². The molecule has 0 amide bonds. The van der Waals surface area contributed by atoms with Crippen molar-refractivity contribution in [3.63, 3.8) is 0 Å². The number of nitrogens with one attached hydrogen (secondary N) is 2. The van der Waals surface area contributed by atoms with Gasteiger partial charge in [0.15, 0.2) is 5.96 Å². The molecule has 170 valence electrons. The normalized spacial score (nSPS) is 21.4. The number of likely N-dealkylation sites (tertiary alicyclic amines) is 2. The number of aliphatic hydroxyl groups excluding tert-OH is 1. The Morgan fingerprint density at radius 3 is 2.60 bits per heavy atom. The van der Waals surface area contributed by atoms with Gasteiger partial charge in [0.1, 0.15) is 0 Å². The fourth-order valence-corrected chi connectivity index (χ4v) is 4.32. The summed E-state index contributed by atoms with van der Waals surface area (Å²) in [5.41, 5.74) is 1.39. The van der Waals surface area contributed by atoms with Crippen LogP contribution in [0.1, 0.15) is 44.6 Å². The van der Waals surface area contributed by atoms with Gasteiger partial charge in [0, 0.05) is 38.8 Å². The van der Waals surface area contributed by atoms with E-state index in [1.807, 2.05) is 0 Å². The lowest BCUT2D eigenvalue weighted by molar-refractivity contribution is 0.0823. The molecule has 0 saturated carbocycles. The summed E-state index contributed by atoms with van der Waals surface area (Å²) in [5, 5.41) is 16.5. The zero-order valence-corrected chi connectivity index (χ0v) is 20.8. The number of rotatable bonds is 9. The second-order valence-corrected chi connectivity index (χ2v) is 8.32. The number of hydrogen-bond donors (Lipinski definition) is 3. The van der Waals surface area contributed by atoms with Gasteiger partial charge in [-0.2, -0.15) is 0 Å². The maximum Gasteiger partial charge on any atom is 0.191 e. The number of hydrogen-bond acceptors (Lipinski definition) is 4. The number of aliphatic imine (C=N–C) groups is 1. The highest BCUT2D eigenvalue weighted by Crippen LogP contribution is 2.20.